The SMILES string of the molecule is CCCS(=O)(=O)N1CCCC1C(=O)Nc1nc(-c2ccc(C)c(C)c2)cs1. The minimum Gasteiger partial charge on any atom is -0.301 e. The molecule has 8 heteroatoms. The maximum absolute atomic E-state index is 12.7. The first kappa shape index (κ1) is 20.0. The number of anilines is 1. The van der Waals surface area contributed by atoms with Crippen molar-refractivity contribution < 1.29 is 13.2 Å². The predicted molar refractivity (Wildman–Crippen MR) is 109 cm³/mol. The number of sulfonamides is 1. The van der Waals surface area contributed by atoms with Gasteiger partial charge in [0.05, 0.1) is 11.4 Å². The van der Waals surface area contributed by atoms with E-state index >= 15 is 0 Å². The third-order valence-corrected chi connectivity index (χ3v) is 7.70. The van der Waals surface area contributed by atoms with Crippen molar-refractivity contribution in [2.75, 3.05) is 17.6 Å². The van der Waals surface area contributed by atoms with Crippen LogP contribution in [0.25, 0.3) is 11.3 Å². The van der Waals surface area contributed by atoms with E-state index in [1.165, 1.54) is 26.8 Å². The van der Waals surface area contributed by atoms with Crippen LogP contribution in [-0.4, -0.2) is 42.0 Å². The molecule has 1 amide bonds. The number of aryl methyl sites for hydroxylation is 2. The quantitative estimate of drug-likeness (QED) is 0.794. The van der Waals surface area contributed by atoms with Crippen molar-refractivity contribution in [3.05, 3.63) is 34.7 Å². The van der Waals surface area contributed by atoms with Crippen molar-refractivity contribution in [1.82, 2.24) is 9.29 Å². The smallest absolute Gasteiger partial charge is 0.244 e. The molecule has 1 unspecified atom stereocenters. The monoisotopic (exact) mass is 407 g/mol. The van der Waals surface area contributed by atoms with Gasteiger partial charge in [-0.1, -0.05) is 19.1 Å². The van der Waals surface area contributed by atoms with Gasteiger partial charge in [-0.15, -0.1) is 11.3 Å². The molecule has 0 aliphatic carbocycles. The van der Waals surface area contributed by atoms with Gasteiger partial charge >= 0.3 is 0 Å². The Morgan fingerprint density at radius 2 is 2.11 bits per heavy atom. The summed E-state index contributed by atoms with van der Waals surface area (Å²) in [7, 11) is -3.39. The Bertz CT molecular complexity index is 937. The number of amides is 1. The Labute approximate surface area is 164 Å². The number of aromatic nitrogens is 1. The maximum Gasteiger partial charge on any atom is 0.244 e. The average molecular weight is 408 g/mol. The highest BCUT2D eigenvalue weighted by atomic mass is 32.2. The number of nitrogens with zero attached hydrogens (tertiary/aromatic N) is 2. The number of hydrogen-bond donors (Lipinski definition) is 1. The van der Waals surface area contributed by atoms with Crippen LogP contribution in [0.1, 0.15) is 37.3 Å². The number of benzene rings is 1. The van der Waals surface area contributed by atoms with Crippen LogP contribution >= 0.6 is 11.3 Å². The summed E-state index contributed by atoms with van der Waals surface area (Å²) in [5, 5.41) is 5.20. The molecule has 1 N–H and O–H groups in total. The van der Waals surface area contributed by atoms with Crippen molar-refractivity contribution in [3.8, 4) is 11.3 Å². The molecule has 27 heavy (non-hydrogen) atoms. The van der Waals surface area contributed by atoms with Crippen LogP contribution in [-0.2, 0) is 14.8 Å². The number of nitrogens with one attached hydrogen (secondary N) is 1. The molecule has 6 nitrogen and oxygen atoms in total. The fraction of sp³-hybridized carbons (Fsp3) is 0.474. The molecular weight excluding hydrogens is 382 g/mol. The highest BCUT2D eigenvalue weighted by Crippen LogP contribution is 2.28. The number of carbonyl (C=O) groups is 1. The van der Waals surface area contributed by atoms with Crippen LogP contribution < -0.4 is 5.32 Å². The van der Waals surface area contributed by atoms with Gasteiger partial charge in [-0.3, -0.25) is 4.79 Å². The first-order valence-corrected chi connectivity index (χ1v) is 11.6. The van der Waals surface area contributed by atoms with Crippen LogP contribution in [0.3, 0.4) is 0 Å². The third kappa shape index (κ3) is 4.39. The van der Waals surface area contributed by atoms with E-state index in [1.54, 1.807) is 0 Å². The van der Waals surface area contributed by atoms with Crippen LogP contribution in [0.2, 0.25) is 0 Å². The van der Waals surface area contributed by atoms with Gasteiger partial charge in [-0.25, -0.2) is 13.4 Å². The molecule has 3 rings (SSSR count). The summed E-state index contributed by atoms with van der Waals surface area (Å²) < 4.78 is 26.1. The van der Waals surface area contributed by atoms with Gasteiger partial charge in [0.1, 0.15) is 6.04 Å². The summed E-state index contributed by atoms with van der Waals surface area (Å²) in [5.74, 6) is -0.224. The second-order valence-electron chi connectivity index (χ2n) is 6.91. The predicted octanol–water partition coefficient (Wildman–Crippen LogP) is 3.57. The molecule has 1 saturated heterocycles. The van der Waals surface area contributed by atoms with Crippen molar-refractivity contribution in [2.24, 2.45) is 0 Å². The summed E-state index contributed by atoms with van der Waals surface area (Å²) in [4.78, 5) is 17.2. The number of rotatable bonds is 6. The molecular formula is C19H25N3O3S2. The lowest BCUT2D eigenvalue weighted by atomic mass is 10.1. The van der Waals surface area contributed by atoms with Gasteiger partial charge in [0.15, 0.2) is 5.13 Å². The normalized spacial score (nSPS) is 18.0. The van der Waals surface area contributed by atoms with Crippen molar-refractivity contribution >= 4 is 32.4 Å². The lowest BCUT2D eigenvalue weighted by Gasteiger charge is -2.22. The molecule has 1 fully saturated rings. The van der Waals surface area contributed by atoms with Crippen molar-refractivity contribution in [2.45, 2.75) is 46.1 Å². The molecule has 0 saturated carbocycles. The second kappa shape index (κ2) is 8.08. The fourth-order valence-electron chi connectivity index (χ4n) is 3.26. The molecule has 1 aromatic carbocycles. The van der Waals surface area contributed by atoms with E-state index < -0.39 is 16.1 Å². The van der Waals surface area contributed by atoms with Gasteiger partial charge in [0.2, 0.25) is 15.9 Å². The third-order valence-electron chi connectivity index (χ3n) is 4.86. The zero-order valence-electron chi connectivity index (χ0n) is 15.9. The standard InChI is InChI=1S/C19H25N3O3S2/c1-4-10-27(24,25)22-9-5-6-17(22)18(23)21-19-20-16(12-26-19)15-8-7-13(2)14(3)11-15/h7-8,11-12,17H,4-6,9-10H2,1-3H3,(H,20,21,23). The van der Waals surface area contributed by atoms with E-state index in [2.05, 4.69) is 36.3 Å². The number of thiazole rings is 1. The molecule has 1 atom stereocenters. The summed E-state index contributed by atoms with van der Waals surface area (Å²) in [6.45, 7) is 6.35. The second-order valence-corrected chi connectivity index (χ2v) is 9.81. The Balaban J connectivity index is 1.73. The van der Waals surface area contributed by atoms with Crippen LogP contribution in [0.5, 0.6) is 0 Å². The zero-order chi connectivity index (χ0) is 19.6. The molecule has 1 aliphatic heterocycles. The van der Waals surface area contributed by atoms with E-state index in [1.807, 2.05) is 18.4 Å². The number of hydrogen-bond acceptors (Lipinski definition) is 5. The van der Waals surface area contributed by atoms with E-state index in [4.69, 9.17) is 0 Å². The largest absolute Gasteiger partial charge is 0.301 e. The summed E-state index contributed by atoms with van der Waals surface area (Å²) in [6.07, 6.45) is 1.79. The van der Waals surface area contributed by atoms with E-state index in [-0.39, 0.29) is 11.7 Å². The molecule has 146 valence electrons. The molecule has 2 aromatic rings. The van der Waals surface area contributed by atoms with Crippen LogP contribution in [0.15, 0.2) is 23.6 Å². The molecule has 1 aromatic heterocycles. The Hall–Kier alpha value is -1.77. The minimum atomic E-state index is -3.39. The highest BCUT2D eigenvalue weighted by molar-refractivity contribution is 7.89. The first-order valence-electron chi connectivity index (χ1n) is 9.15. The topological polar surface area (TPSA) is 79.4 Å². The van der Waals surface area contributed by atoms with Gasteiger partial charge < -0.3 is 5.32 Å². The lowest BCUT2D eigenvalue weighted by Crippen LogP contribution is -2.44. The van der Waals surface area contributed by atoms with Crippen LogP contribution in [0, 0.1) is 13.8 Å². The molecule has 0 bridgehead atoms. The Kier molecular flexibility index (Phi) is 5.98. The molecule has 1 aliphatic rings. The Morgan fingerprint density at radius 3 is 2.81 bits per heavy atom. The first-order chi connectivity index (χ1) is 12.8. The fourth-order valence-corrected chi connectivity index (χ4v) is 5.73. The van der Waals surface area contributed by atoms with Gasteiger partial charge in [0, 0.05) is 17.5 Å². The summed E-state index contributed by atoms with van der Waals surface area (Å²) in [6, 6.07) is 5.50. The van der Waals surface area contributed by atoms with Gasteiger partial charge in [-0.05, 0) is 50.3 Å². The highest BCUT2D eigenvalue weighted by Gasteiger charge is 2.38. The number of carbonyl (C=O) groups excluding carboxylic acids is 1. The maximum atomic E-state index is 12.7. The van der Waals surface area contributed by atoms with Gasteiger partial charge in [-0.2, -0.15) is 4.31 Å². The zero-order valence-corrected chi connectivity index (χ0v) is 17.5. The van der Waals surface area contributed by atoms with Crippen molar-refractivity contribution in [1.29, 1.82) is 0 Å². The van der Waals surface area contributed by atoms with Crippen LogP contribution in [0.4, 0.5) is 5.13 Å². The van der Waals surface area contributed by atoms with E-state index in [0.717, 1.165) is 11.3 Å². The summed E-state index contributed by atoms with van der Waals surface area (Å²) >= 11 is 1.35. The average Bonchev–Trinajstić information content (AvgIpc) is 3.27. The molecule has 2 heterocycles. The van der Waals surface area contributed by atoms with E-state index in [0.29, 0.717) is 30.9 Å². The van der Waals surface area contributed by atoms with Gasteiger partial charge in [0.25, 0.3) is 0 Å². The molecule has 0 spiro atoms. The lowest BCUT2D eigenvalue weighted by molar-refractivity contribution is -0.119. The molecule has 0 radical (unpaired) electrons. The van der Waals surface area contributed by atoms with Crippen molar-refractivity contribution in [3.63, 3.8) is 0 Å². The Morgan fingerprint density at radius 1 is 1.33 bits per heavy atom. The van der Waals surface area contributed by atoms with E-state index in [9.17, 15) is 13.2 Å². The minimum absolute atomic E-state index is 0.0744. The summed E-state index contributed by atoms with van der Waals surface area (Å²) in [5.41, 5.74) is 4.22.